The summed E-state index contributed by atoms with van der Waals surface area (Å²) < 4.78 is 0. The zero-order valence-corrected chi connectivity index (χ0v) is 12.4. The Morgan fingerprint density at radius 2 is 1.30 bits per heavy atom. The van der Waals surface area contributed by atoms with Gasteiger partial charge in [0.25, 0.3) is 0 Å². The normalized spacial score (nSPS) is 10.7. The minimum Gasteiger partial charge on any atom is -0.256 e. The minimum atomic E-state index is -0.658. The molecule has 0 atom stereocenters. The van der Waals surface area contributed by atoms with Crippen LogP contribution in [-0.4, -0.2) is 4.98 Å². The molecule has 1 aromatic heterocycles. The molecule has 0 aliphatic carbocycles. The summed E-state index contributed by atoms with van der Waals surface area (Å²) in [4.78, 5) is 4.54. The van der Waals surface area contributed by atoms with Crippen LogP contribution in [0.25, 0.3) is 0 Å². The van der Waals surface area contributed by atoms with Crippen LogP contribution in [0.2, 0.25) is 5.02 Å². The summed E-state index contributed by atoms with van der Waals surface area (Å²) in [7, 11) is -0.658. The standard InChI is InChI=1S/C17H13ClNP/c18-14-11-12-19-17(13-14)20(15-7-3-1-4-8-15)16-9-5-2-6-10-16/h1-13H. The first kappa shape index (κ1) is 13.3. The van der Waals surface area contributed by atoms with E-state index in [0.717, 1.165) is 10.5 Å². The first-order valence-corrected chi connectivity index (χ1v) is 8.08. The van der Waals surface area contributed by atoms with E-state index in [2.05, 4.69) is 53.5 Å². The van der Waals surface area contributed by atoms with Crippen molar-refractivity contribution in [1.82, 2.24) is 4.98 Å². The van der Waals surface area contributed by atoms with Crippen LogP contribution in [0.4, 0.5) is 0 Å². The SMILES string of the molecule is Clc1ccnc(P(c2ccccc2)c2ccccc2)c1. The third-order valence-electron chi connectivity index (χ3n) is 2.97. The van der Waals surface area contributed by atoms with E-state index in [-0.39, 0.29) is 0 Å². The monoisotopic (exact) mass is 297 g/mol. The number of benzene rings is 2. The molecule has 0 aliphatic heterocycles. The number of aromatic nitrogens is 1. The Kier molecular flexibility index (Phi) is 4.11. The Labute approximate surface area is 125 Å². The molecule has 0 saturated heterocycles. The van der Waals surface area contributed by atoms with Crippen molar-refractivity contribution < 1.29 is 0 Å². The molecule has 0 radical (unpaired) electrons. The van der Waals surface area contributed by atoms with E-state index >= 15 is 0 Å². The molecule has 3 rings (SSSR count). The van der Waals surface area contributed by atoms with Gasteiger partial charge in [-0.3, -0.25) is 4.98 Å². The van der Waals surface area contributed by atoms with Gasteiger partial charge in [0.05, 0.1) is 5.44 Å². The first-order chi connectivity index (χ1) is 9.84. The highest BCUT2D eigenvalue weighted by molar-refractivity contribution is 7.79. The summed E-state index contributed by atoms with van der Waals surface area (Å²) in [6.45, 7) is 0. The fourth-order valence-corrected chi connectivity index (χ4v) is 4.54. The van der Waals surface area contributed by atoms with E-state index < -0.39 is 7.92 Å². The molecule has 2 aromatic carbocycles. The number of pyridine rings is 1. The minimum absolute atomic E-state index is 0.658. The van der Waals surface area contributed by atoms with Gasteiger partial charge in [0.15, 0.2) is 0 Å². The van der Waals surface area contributed by atoms with Crippen molar-refractivity contribution in [2.75, 3.05) is 0 Å². The van der Waals surface area contributed by atoms with Crippen molar-refractivity contribution in [2.45, 2.75) is 0 Å². The van der Waals surface area contributed by atoms with E-state index in [0.29, 0.717) is 0 Å². The molecular formula is C17H13ClNP. The van der Waals surface area contributed by atoms with Gasteiger partial charge in [-0.25, -0.2) is 0 Å². The molecular weight excluding hydrogens is 285 g/mol. The summed E-state index contributed by atoms with van der Waals surface area (Å²) in [6.07, 6.45) is 1.78. The smallest absolute Gasteiger partial charge is 0.0735 e. The van der Waals surface area contributed by atoms with Gasteiger partial charge >= 0.3 is 0 Å². The van der Waals surface area contributed by atoms with Gasteiger partial charge in [-0.15, -0.1) is 0 Å². The molecule has 0 bridgehead atoms. The molecule has 0 aliphatic rings. The Morgan fingerprint density at radius 1 is 0.750 bits per heavy atom. The van der Waals surface area contributed by atoms with Crippen LogP contribution in [0.3, 0.4) is 0 Å². The fourth-order valence-electron chi connectivity index (χ4n) is 2.08. The quantitative estimate of drug-likeness (QED) is 0.674. The highest BCUT2D eigenvalue weighted by atomic mass is 35.5. The Bertz CT molecular complexity index is 646. The van der Waals surface area contributed by atoms with Crippen LogP contribution < -0.4 is 16.0 Å². The maximum atomic E-state index is 6.13. The van der Waals surface area contributed by atoms with Crippen LogP contribution in [0.15, 0.2) is 79.0 Å². The third kappa shape index (κ3) is 2.90. The van der Waals surface area contributed by atoms with Crippen molar-refractivity contribution in [3.8, 4) is 0 Å². The summed E-state index contributed by atoms with van der Waals surface area (Å²) in [5, 5.41) is 3.29. The lowest BCUT2D eigenvalue weighted by atomic mass is 10.4. The number of nitrogens with zero attached hydrogens (tertiary/aromatic N) is 1. The Morgan fingerprint density at radius 3 is 1.80 bits per heavy atom. The zero-order chi connectivity index (χ0) is 13.8. The van der Waals surface area contributed by atoms with Crippen LogP contribution in [-0.2, 0) is 0 Å². The highest BCUT2D eigenvalue weighted by Crippen LogP contribution is 2.32. The molecule has 0 spiro atoms. The molecule has 0 unspecified atom stereocenters. The van der Waals surface area contributed by atoms with E-state index in [4.69, 9.17) is 11.6 Å². The molecule has 0 saturated carbocycles. The van der Waals surface area contributed by atoms with Crippen molar-refractivity contribution in [1.29, 1.82) is 0 Å². The lowest BCUT2D eigenvalue weighted by Crippen LogP contribution is -2.22. The molecule has 0 fully saturated rings. The summed E-state index contributed by atoms with van der Waals surface area (Å²) in [5.74, 6) is 0. The van der Waals surface area contributed by atoms with Gasteiger partial charge in [0.1, 0.15) is 0 Å². The average Bonchev–Trinajstić information content (AvgIpc) is 2.50. The molecule has 1 heterocycles. The van der Waals surface area contributed by atoms with Gasteiger partial charge in [-0.1, -0.05) is 72.3 Å². The fraction of sp³-hybridized carbons (Fsp3) is 0. The van der Waals surface area contributed by atoms with Crippen molar-refractivity contribution in [3.63, 3.8) is 0 Å². The molecule has 20 heavy (non-hydrogen) atoms. The van der Waals surface area contributed by atoms with E-state index in [1.54, 1.807) is 6.20 Å². The lowest BCUT2D eigenvalue weighted by molar-refractivity contribution is 1.39. The van der Waals surface area contributed by atoms with Crippen molar-refractivity contribution in [3.05, 3.63) is 84.0 Å². The predicted octanol–water partition coefficient (Wildman–Crippen LogP) is 3.49. The van der Waals surface area contributed by atoms with Crippen molar-refractivity contribution in [2.24, 2.45) is 0 Å². The van der Waals surface area contributed by atoms with Crippen LogP contribution in [0.5, 0.6) is 0 Å². The molecule has 0 amide bonds. The summed E-state index contributed by atoms with van der Waals surface area (Å²) in [6, 6.07) is 24.7. The van der Waals surface area contributed by atoms with Crippen LogP contribution >= 0.6 is 19.5 Å². The van der Waals surface area contributed by atoms with E-state index in [9.17, 15) is 0 Å². The average molecular weight is 298 g/mol. The molecule has 1 nitrogen and oxygen atoms in total. The maximum absolute atomic E-state index is 6.13. The number of hydrogen-bond acceptors (Lipinski definition) is 1. The largest absolute Gasteiger partial charge is 0.256 e. The molecule has 0 N–H and O–H groups in total. The van der Waals surface area contributed by atoms with Gasteiger partial charge in [-0.2, -0.15) is 0 Å². The van der Waals surface area contributed by atoms with Gasteiger partial charge in [0.2, 0.25) is 0 Å². The zero-order valence-electron chi connectivity index (χ0n) is 10.8. The number of rotatable bonds is 3. The second-order valence-corrected chi connectivity index (χ2v) is 6.94. The van der Waals surface area contributed by atoms with Gasteiger partial charge in [0, 0.05) is 19.1 Å². The number of hydrogen-bond donors (Lipinski definition) is 0. The van der Waals surface area contributed by atoms with Gasteiger partial charge < -0.3 is 0 Å². The second kappa shape index (κ2) is 6.17. The lowest BCUT2D eigenvalue weighted by Gasteiger charge is -2.18. The molecule has 3 aromatic rings. The van der Waals surface area contributed by atoms with E-state index in [1.807, 2.05) is 24.3 Å². The van der Waals surface area contributed by atoms with Crippen LogP contribution in [0, 0.1) is 0 Å². The Balaban J connectivity index is 2.14. The van der Waals surface area contributed by atoms with Gasteiger partial charge in [-0.05, 0) is 22.7 Å². The first-order valence-electron chi connectivity index (χ1n) is 6.36. The maximum Gasteiger partial charge on any atom is 0.0735 e. The number of halogens is 1. The van der Waals surface area contributed by atoms with Crippen LogP contribution in [0.1, 0.15) is 0 Å². The third-order valence-corrected chi connectivity index (χ3v) is 5.53. The topological polar surface area (TPSA) is 12.9 Å². The molecule has 3 heteroatoms. The summed E-state index contributed by atoms with van der Waals surface area (Å²) >= 11 is 6.13. The predicted molar refractivity (Wildman–Crippen MR) is 88.0 cm³/mol. The van der Waals surface area contributed by atoms with E-state index in [1.165, 1.54) is 10.6 Å². The Hall–Kier alpha value is -1.69. The molecule has 98 valence electrons. The second-order valence-electron chi connectivity index (χ2n) is 4.34. The van der Waals surface area contributed by atoms with Crippen molar-refractivity contribution >= 4 is 35.6 Å². The highest BCUT2D eigenvalue weighted by Gasteiger charge is 2.17. The summed E-state index contributed by atoms with van der Waals surface area (Å²) in [5.41, 5.74) is 1.03.